The van der Waals surface area contributed by atoms with Gasteiger partial charge >= 0.3 is 5.69 Å². The summed E-state index contributed by atoms with van der Waals surface area (Å²) in [6.07, 6.45) is 4.24. The Hall–Kier alpha value is -2.15. The van der Waals surface area contributed by atoms with Crippen molar-refractivity contribution < 1.29 is 4.79 Å². The van der Waals surface area contributed by atoms with E-state index < -0.39 is 11.2 Å². The Kier molecular flexibility index (Phi) is 4.47. The topological polar surface area (TPSA) is 75.2 Å². The van der Waals surface area contributed by atoms with Crippen LogP contribution in [0.4, 0.5) is 0 Å². The molecule has 1 aliphatic heterocycles. The SMILES string of the molecule is CC1CCCCN1C(=O)c1c[nH]c(=O)n(Cc2cccs2)c1=O. The number of rotatable bonds is 3. The van der Waals surface area contributed by atoms with E-state index in [2.05, 4.69) is 4.98 Å². The molecular weight excluding hydrogens is 314 g/mol. The van der Waals surface area contributed by atoms with Crippen molar-refractivity contribution in [2.45, 2.75) is 38.8 Å². The number of likely N-dealkylation sites (tertiary alicyclic amines) is 1. The fourth-order valence-corrected chi connectivity index (χ4v) is 3.61. The van der Waals surface area contributed by atoms with Crippen LogP contribution in [0.3, 0.4) is 0 Å². The van der Waals surface area contributed by atoms with E-state index in [1.54, 1.807) is 4.90 Å². The Morgan fingerprint density at radius 2 is 2.22 bits per heavy atom. The predicted molar refractivity (Wildman–Crippen MR) is 89.1 cm³/mol. The molecule has 7 heteroatoms. The van der Waals surface area contributed by atoms with E-state index in [1.807, 2.05) is 24.4 Å². The molecule has 0 radical (unpaired) electrons. The maximum Gasteiger partial charge on any atom is 0.328 e. The van der Waals surface area contributed by atoms with Crippen molar-refractivity contribution in [3.8, 4) is 0 Å². The highest BCUT2D eigenvalue weighted by Gasteiger charge is 2.27. The molecule has 0 saturated carbocycles. The molecule has 6 nitrogen and oxygen atoms in total. The highest BCUT2D eigenvalue weighted by atomic mass is 32.1. The van der Waals surface area contributed by atoms with Crippen molar-refractivity contribution in [2.24, 2.45) is 0 Å². The molecule has 1 N–H and O–H groups in total. The Morgan fingerprint density at radius 3 is 2.91 bits per heavy atom. The van der Waals surface area contributed by atoms with E-state index in [9.17, 15) is 14.4 Å². The van der Waals surface area contributed by atoms with Gasteiger partial charge in [0, 0.05) is 23.7 Å². The average molecular weight is 333 g/mol. The van der Waals surface area contributed by atoms with Crippen molar-refractivity contribution in [3.63, 3.8) is 0 Å². The minimum Gasteiger partial charge on any atom is -0.336 e. The van der Waals surface area contributed by atoms with E-state index in [0.29, 0.717) is 6.54 Å². The minimum atomic E-state index is -0.523. The van der Waals surface area contributed by atoms with E-state index >= 15 is 0 Å². The van der Waals surface area contributed by atoms with Crippen LogP contribution in [0.25, 0.3) is 0 Å². The molecular formula is C16H19N3O3S. The van der Waals surface area contributed by atoms with Gasteiger partial charge in [-0.1, -0.05) is 6.07 Å². The van der Waals surface area contributed by atoms with Crippen molar-refractivity contribution in [1.82, 2.24) is 14.5 Å². The van der Waals surface area contributed by atoms with Gasteiger partial charge in [0.15, 0.2) is 0 Å². The van der Waals surface area contributed by atoms with Gasteiger partial charge in [0.25, 0.3) is 11.5 Å². The molecule has 1 amide bonds. The molecule has 2 aromatic heterocycles. The number of nitrogens with zero attached hydrogens (tertiary/aromatic N) is 2. The summed E-state index contributed by atoms with van der Waals surface area (Å²) in [5.41, 5.74) is -0.980. The number of thiophene rings is 1. The van der Waals surface area contributed by atoms with Gasteiger partial charge in [-0.05, 0) is 37.6 Å². The van der Waals surface area contributed by atoms with Crippen LogP contribution >= 0.6 is 11.3 Å². The van der Waals surface area contributed by atoms with Crippen molar-refractivity contribution in [2.75, 3.05) is 6.54 Å². The fourth-order valence-electron chi connectivity index (χ4n) is 2.92. The van der Waals surface area contributed by atoms with Crippen LogP contribution < -0.4 is 11.2 Å². The lowest BCUT2D eigenvalue weighted by atomic mass is 10.0. The van der Waals surface area contributed by atoms with Crippen LogP contribution in [0.1, 0.15) is 41.4 Å². The number of H-pyrrole nitrogens is 1. The second-order valence-corrected chi connectivity index (χ2v) is 6.85. The second kappa shape index (κ2) is 6.54. The van der Waals surface area contributed by atoms with Crippen LogP contribution in [0.2, 0.25) is 0 Å². The van der Waals surface area contributed by atoms with Gasteiger partial charge in [0.2, 0.25) is 0 Å². The summed E-state index contributed by atoms with van der Waals surface area (Å²) in [6.45, 7) is 2.83. The maximum absolute atomic E-state index is 12.7. The first-order chi connectivity index (χ1) is 11.1. The number of aromatic amines is 1. The number of carbonyl (C=O) groups is 1. The molecule has 1 atom stereocenters. The van der Waals surface area contributed by atoms with Crippen LogP contribution in [-0.4, -0.2) is 32.9 Å². The molecule has 2 aromatic rings. The number of hydrogen-bond donors (Lipinski definition) is 1. The van der Waals surface area contributed by atoms with E-state index in [4.69, 9.17) is 0 Å². The molecule has 0 bridgehead atoms. The summed E-state index contributed by atoms with van der Waals surface area (Å²) in [6, 6.07) is 3.84. The third-order valence-electron chi connectivity index (χ3n) is 4.25. The molecule has 0 spiro atoms. The fraction of sp³-hybridized carbons (Fsp3) is 0.438. The number of hydrogen-bond acceptors (Lipinski definition) is 4. The molecule has 122 valence electrons. The number of carbonyl (C=O) groups excluding carboxylic acids is 1. The quantitative estimate of drug-likeness (QED) is 0.928. The normalized spacial score (nSPS) is 18.1. The first kappa shape index (κ1) is 15.7. The van der Waals surface area contributed by atoms with Gasteiger partial charge in [-0.15, -0.1) is 11.3 Å². The number of amides is 1. The number of aromatic nitrogens is 2. The maximum atomic E-state index is 12.7. The standard InChI is InChI=1S/C16H19N3O3S/c1-11-5-2-3-7-18(11)14(20)13-9-17-16(22)19(15(13)21)10-12-6-4-8-23-12/h4,6,8-9,11H,2-3,5,7,10H2,1H3,(H,17,22). The lowest BCUT2D eigenvalue weighted by Crippen LogP contribution is -2.46. The van der Waals surface area contributed by atoms with Gasteiger partial charge < -0.3 is 9.88 Å². The monoisotopic (exact) mass is 333 g/mol. The van der Waals surface area contributed by atoms with Gasteiger partial charge in [-0.25, -0.2) is 4.79 Å². The van der Waals surface area contributed by atoms with Crippen molar-refractivity contribution in [3.05, 3.63) is 55.0 Å². The Morgan fingerprint density at radius 1 is 1.39 bits per heavy atom. The predicted octanol–water partition coefficient (Wildman–Crippen LogP) is 1.66. The number of piperidine rings is 1. The highest BCUT2D eigenvalue weighted by Crippen LogP contribution is 2.18. The zero-order valence-electron chi connectivity index (χ0n) is 12.9. The van der Waals surface area contributed by atoms with Crippen LogP contribution in [0.15, 0.2) is 33.3 Å². The zero-order valence-corrected chi connectivity index (χ0v) is 13.8. The molecule has 1 fully saturated rings. The third-order valence-corrected chi connectivity index (χ3v) is 5.11. The third kappa shape index (κ3) is 3.14. The lowest BCUT2D eigenvalue weighted by molar-refractivity contribution is 0.0632. The summed E-state index contributed by atoms with van der Waals surface area (Å²) in [5.74, 6) is -0.293. The first-order valence-electron chi connectivity index (χ1n) is 7.74. The molecule has 1 unspecified atom stereocenters. The molecule has 0 aliphatic carbocycles. The summed E-state index contributed by atoms with van der Waals surface area (Å²) in [4.78, 5) is 42.4. The van der Waals surface area contributed by atoms with Crippen LogP contribution in [0.5, 0.6) is 0 Å². The molecule has 23 heavy (non-hydrogen) atoms. The first-order valence-corrected chi connectivity index (χ1v) is 8.62. The smallest absolute Gasteiger partial charge is 0.328 e. The summed E-state index contributed by atoms with van der Waals surface area (Å²) in [5, 5.41) is 1.89. The molecule has 1 aliphatic rings. The van der Waals surface area contributed by atoms with E-state index in [1.165, 1.54) is 17.5 Å². The van der Waals surface area contributed by atoms with Crippen LogP contribution in [0, 0.1) is 0 Å². The second-order valence-electron chi connectivity index (χ2n) is 5.82. The van der Waals surface area contributed by atoms with Gasteiger partial charge in [0.05, 0.1) is 6.54 Å². The average Bonchev–Trinajstić information content (AvgIpc) is 3.04. The molecule has 1 saturated heterocycles. The van der Waals surface area contributed by atoms with Gasteiger partial charge in [-0.2, -0.15) is 0 Å². The van der Waals surface area contributed by atoms with E-state index in [-0.39, 0.29) is 24.1 Å². The molecule has 3 rings (SSSR count). The largest absolute Gasteiger partial charge is 0.336 e. The minimum absolute atomic E-state index is 0.0370. The lowest BCUT2D eigenvalue weighted by Gasteiger charge is -2.33. The summed E-state index contributed by atoms with van der Waals surface area (Å²) in [7, 11) is 0. The summed E-state index contributed by atoms with van der Waals surface area (Å²) >= 11 is 1.47. The number of nitrogens with one attached hydrogen (secondary N) is 1. The van der Waals surface area contributed by atoms with Gasteiger partial charge in [0.1, 0.15) is 5.56 Å². The van der Waals surface area contributed by atoms with Crippen molar-refractivity contribution >= 4 is 17.2 Å². The Bertz CT molecular complexity index is 807. The summed E-state index contributed by atoms with van der Waals surface area (Å²) < 4.78 is 1.09. The highest BCUT2D eigenvalue weighted by molar-refractivity contribution is 7.09. The Balaban J connectivity index is 1.95. The Labute approximate surface area is 137 Å². The molecule has 3 heterocycles. The van der Waals surface area contributed by atoms with Crippen molar-refractivity contribution in [1.29, 1.82) is 0 Å². The van der Waals surface area contributed by atoms with Gasteiger partial charge in [-0.3, -0.25) is 14.2 Å². The zero-order chi connectivity index (χ0) is 16.4. The van der Waals surface area contributed by atoms with E-state index in [0.717, 1.165) is 28.7 Å². The van der Waals surface area contributed by atoms with Crippen LogP contribution in [-0.2, 0) is 6.54 Å². The molecule has 0 aromatic carbocycles.